The first kappa shape index (κ1) is 13.7. The molecule has 0 aromatic carbocycles. The summed E-state index contributed by atoms with van der Waals surface area (Å²) >= 11 is 1.76. The van der Waals surface area contributed by atoms with Gasteiger partial charge in [-0.25, -0.2) is 0 Å². The molecular formula is C13H24N2S. The van der Waals surface area contributed by atoms with Gasteiger partial charge < -0.3 is 10.2 Å². The highest BCUT2D eigenvalue weighted by molar-refractivity contribution is 7.07. The van der Waals surface area contributed by atoms with Crippen molar-refractivity contribution in [3.63, 3.8) is 0 Å². The van der Waals surface area contributed by atoms with E-state index in [1.54, 1.807) is 11.3 Å². The number of nitrogens with zero attached hydrogens (tertiary/aromatic N) is 1. The van der Waals surface area contributed by atoms with Gasteiger partial charge >= 0.3 is 0 Å². The second-order valence-corrected chi connectivity index (χ2v) is 5.79. The van der Waals surface area contributed by atoms with Crippen LogP contribution in [0.25, 0.3) is 0 Å². The monoisotopic (exact) mass is 240 g/mol. The zero-order valence-electron chi connectivity index (χ0n) is 10.9. The van der Waals surface area contributed by atoms with Crippen molar-refractivity contribution in [2.75, 3.05) is 20.6 Å². The van der Waals surface area contributed by atoms with E-state index in [1.165, 1.54) is 12.0 Å². The van der Waals surface area contributed by atoms with Crippen LogP contribution in [0.3, 0.4) is 0 Å². The van der Waals surface area contributed by atoms with Crippen molar-refractivity contribution in [1.82, 2.24) is 10.2 Å². The van der Waals surface area contributed by atoms with Crippen molar-refractivity contribution >= 4 is 11.3 Å². The van der Waals surface area contributed by atoms with Gasteiger partial charge in [-0.15, -0.1) is 0 Å². The molecule has 1 N–H and O–H groups in total. The summed E-state index contributed by atoms with van der Waals surface area (Å²) in [6, 6.07) is 2.82. The fourth-order valence-corrected chi connectivity index (χ4v) is 2.47. The molecule has 92 valence electrons. The Morgan fingerprint density at radius 3 is 2.62 bits per heavy atom. The summed E-state index contributed by atoms with van der Waals surface area (Å²) in [4.78, 5) is 2.32. The first-order valence-electron chi connectivity index (χ1n) is 5.97. The lowest BCUT2D eigenvalue weighted by molar-refractivity contribution is 0.247. The normalized spacial score (nSPS) is 13.6. The second kappa shape index (κ2) is 7.05. The molecule has 0 aliphatic heterocycles. The minimum absolute atomic E-state index is 0.638. The fraction of sp³-hybridized carbons (Fsp3) is 0.692. The third-order valence-corrected chi connectivity index (χ3v) is 3.50. The van der Waals surface area contributed by atoms with Crippen molar-refractivity contribution < 1.29 is 0 Å². The highest BCUT2D eigenvalue weighted by Crippen LogP contribution is 2.09. The number of rotatable bonds is 7. The molecule has 1 unspecified atom stereocenters. The summed E-state index contributed by atoms with van der Waals surface area (Å²) in [5.74, 6) is 0.760. The molecule has 0 aliphatic rings. The Bertz CT molecular complexity index is 267. The van der Waals surface area contributed by atoms with Crippen LogP contribution >= 0.6 is 11.3 Å². The van der Waals surface area contributed by atoms with Gasteiger partial charge in [0.05, 0.1) is 0 Å². The fourth-order valence-electron chi connectivity index (χ4n) is 1.80. The van der Waals surface area contributed by atoms with Gasteiger partial charge in [-0.3, -0.25) is 0 Å². The third-order valence-electron chi connectivity index (χ3n) is 2.76. The molecular weight excluding hydrogens is 216 g/mol. The molecule has 0 amide bonds. The Hall–Kier alpha value is -0.380. The molecule has 1 rings (SSSR count). The molecule has 16 heavy (non-hydrogen) atoms. The van der Waals surface area contributed by atoms with Gasteiger partial charge in [0.2, 0.25) is 0 Å². The van der Waals surface area contributed by atoms with Gasteiger partial charge in [0.15, 0.2) is 0 Å². The number of thiophene rings is 1. The van der Waals surface area contributed by atoms with Crippen molar-refractivity contribution in [2.24, 2.45) is 5.92 Å². The maximum Gasteiger partial charge on any atom is 0.0217 e. The van der Waals surface area contributed by atoms with Gasteiger partial charge in [-0.05, 0) is 48.8 Å². The SMILES string of the molecule is CC(C)CC(CNCc1ccsc1)N(C)C. The van der Waals surface area contributed by atoms with E-state index >= 15 is 0 Å². The molecule has 1 heterocycles. The first-order valence-corrected chi connectivity index (χ1v) is 6.92. The Labute approximate surface area is 104 Å². The van der Waals surface area contributed by atoms with Crippen molar-refractivity contribution in [3.05, 3.63) is 22.4 Å². The lowest BCUT2D eigenvalue weighted by Crippen LogP contribution is -2.38. The molecule has 0 saturated carbocycles. The Morgan fingerprint density at radius 2 is 2.12 bits per heavy atom. The number of likely N-dealkylation sites (N-methyl/N-ethyl adjacent to an activating group) is 1. The predicted octanol–water partition coefficient (Wildman–Crippen LogP) is 2.81. The van der Waals surface area contributed by atoms with Crippen LogP contribution in [-0.2, 0) is 6.54 Å². The topological polar surface area (TPSA) is 15.3 Å². The lowest BCUT2D eigenvalue weighted by Gasteiger charge is -2.26. The maximum atomic E-state index is 3.54. The van der Waals surface area contributed by atoms with Gasteiger partial charge in [0.25, 0.3) is 0 Å². The number of hydrogen-bond donors (Lipinski definition) is 1. The molecule has 0 aliphatic carbocycles. The van der Waals surface area contributed by atoms with E-state index in [4.69, 9.17) is 0 Å². The molecule has 0 fully saturated rings. The second-order valence-electron chi connectivity index (χ2n) is 5.01. The van der Waals surface area contributed by atoms with Gasteiger partial charge in [0.1, 0.15) is 0 Å². The molecule has 1 aromatic heterocycles. The van der Waals surface area contributed by atoms with E-state index in [0.29, 0.717) is 6.04 Å². The van der Waals surface area contributed by atoms with E-state index in [0.717, 1.165) is 19.0 Å². The van der Waals surface area contributed by atoms with Gasteiger partial charge in [-0.1, -0.05) is 13.8 Å². The van der Waals surface area contributed by atoms with Crippen molar-refractivity contribution in [2.45, 2.75) is 32.9 Å². The zero-order chi connectivity index (χ0) is 12.0. The highest BCUT2D eigenvalue weighted by Gasteiger charge is 2.12. The van der Waals surface area contributed by atoms with E-state index < -0.39 is 0 Å². The maximum absolute atomic E-state index is 3.54. The average molecular weight is 240 g/mol. The third kappa shape index (κ3) is 5.10. The molecule has 1 atom stereocenters. The van der Waals surface area contributed by atoms with Crippen LogP contribution in [0, 0.1) is 5.92 Å². The van der Waals surface area contributed by atoms with Crippen LogP contribution in [0.1, 0.15) is 25.8 Å². The highest BCUT2D eigenvalue weighted by atomic mass is 32.1. The summed E-state index contributed by atoms with van der Waals surface area (Å²) in [6.07, 6.45) is 1.25. The number of hydrogen-bond acceptors (Lipinski definition) is 3. The Kier molecular flexibility index (Phi) is 6.03. The van der Waals surface area contributed by atoms with Crippen molar-refractivity contribution in [1.29, 1.82) is 0 Å². The van der Waals surface area contributed by atoms with Gasteiger partial charge in [0, 0.05) is 19.1 Å². The molecule has 1 aromatic rings. The van der Waals surface area contributed by atoms with Crippen LogP contribution in [-0.4, -0.2) is 31.6 Å². The quantitative estimate of drug-likeness (QED) is 0.788. The van der Waals surface area contributed by atoms with E-state index in [2.05, 4.69) is 55.0 Å². The molecule has 0 spiro atoms. The average Bonchev–Trinajstić information content (AvgIpc) is 2.68. The first-order chi connectivity index (χ1) is 7.59. The summed E-state index contributed by atoms with van der Waals surface area (Å²) in [6.45, 7) is 6.64. The summed E-state index contributed by atoms with van der Waals surface area (Å²) < 4.78 is 0. The Morgan fingerprint density at radius 1 is 1.38 bits per heavy atom. The van der Waals surface area contributed by atoms with Crippen LogP contribution in [0.5, 0.6) is 0 Å². The summed E-state index contributed by atoms with van der Waals surface area (Å²) in [5.41, 5.74) is 1.40. The lowest BCUT2D eigenvalue weighted by atomic mass is 10.0. The molecule has 2 nitrogen and oxygen atoms in total. The minimum Gasteiger partial charge on any atom is -0.311 e. The largest absolute Gasteiger partial charge is 0.311 e. The molecule has 3 heteroatoms. The number of nitrogens with one attached hydrogen (secondary N) is 1. The summed E-state index contributed by atoms with van der Waals surface area (Å²) in [7, 11) is 4.33. The van der Waals surface area contributed by atoms with Crippen LogP contribution < -0.4 is 5.32 Å². The molecule has 0 saturated heterocycles. The summed E-state index contributed by atoms with van der Waals surface area (Å²) in [5, 5.41) is 7.88. The van der Waals surface area contributed by atoms with Crippen molar-refractivity contribution in [3.8, 4) is 0 Å². The molecule has 0 radical (unpaired) electrons. The predicted molar refractivity (Wildman–Crippen MR) is 73.0 cm³/mol. The smallest absolute Gasteiger partial charge is 0.0217 e. The van der Waals surface area contributed by atoms with Crippen LogP contribution in [0.2, 0.25) is 0 Å². The van der Waals surface area contributed by atoms with E-state index in [9.17, 15) is 0 Å². The zero-order valence-corrected chi connectivity index (χ0v) is 11.7. The minimum atomic E-state index is 0.638. The van der Waals surface area contributed by atoms with Gasteiger partial charge in [-0.2, -0.15) is 11.3 Å². The van der Waals surface area contributed by atoms with E-state index in [1.807, 2.05) is 0 Å². The molecule has 0 bridgehead atoms. The van der Waals surface area contributed by atoms with Crippen LogP contribution in [0.4, 0.5) is 0 Å². The standard InChI is InChI=1S/C13H24N2S/c1-11(2)7-13(15(3)4)9-14-8-12-5-6-16-10-12/h5-6,10-11,13-14H,7-9H2,1-4H3. The van der Waals surface area contributed by atoms with Crippen LogP contribution in [0.15, 0.2) is 16.8 Å². The van der Waals surface area contributed by atoms with E-state index in [-0.39, 0.29) is 0 Å². The Balaban J connectivity index is 2.27.